The number of urea groups is 1. The second-order valence-corrected chi connectivity index (χ2v) is 5.59. The maximum Gasteiger partial charge on any atom is 0.340 e. The lowest BCUT2D eigenvalue weighted by Gasteiger charge is -2.32. The number of carbonyl (C=O) groups is 3. The molecule has 24 heavy (non-hydrogen) atoms. The van der Waals surface area contributed by atoms with Crippen LogP contribution in [0.3, 0.4) is 0 Å². The Balaban J connectivity index is 1.98. The van der Waals surface area contributed by atoms with E-state index in [4.69, 9.17) is 4.74 Å². The Kier molecular flexibility index (Phi) is 6.60. The number of piperazine rings is 1. The number of nitrogens with one attached hydrogen (secondary N) is 1. The van der Waals surface area contributed by atoms with Gasteiger partial charge in [-0.25, -0.2) is 9.59 Å². The highest BCUT2D eigenvalue weighted by molar-refractivity contribution is 6.00. The Hall–Kier alpha value is -2.57. The summed E-state index contributed by atoms with van der Waals surface area (Å²) >= 11 is 0. The molecule has 0 unspecified atom stereocenters. The van der Waals surface area contributed by atoms with Crippen LogP contribution in [-0.4, -0.2) is 61.0 Å². The van der Waals surface area contributed by atoms with Crippen molar-refractivity contribution in [2.24, 2.45) is 0 Å². The molecule has 0 bridgehead atoms. The van der Waals surface area contributed by atoms with E-state index in [0.717, 1.165) is 19.3 Å². The summed E-state index contributed by atoms with van der Waals surface area (Å²) in [7, 11) is 0. The van der Waals surface area contributed by atoms with E-state index in [2.05, 4.69) is 5.32 Å². The molecule has 1 aromatic rings. The first-order chi connectivity index (χ1) is 11.7. The van der Waals surface area contributed by atoms with Crippen molar-refractivity contribution in [2.75, 3.05) is 38.1 Å². The van der Waals surface area contributed by atoms with Crippen molar-refractivity contribution in [3.8, 4) is 0 Å². The maximum atomic E-state index is 12.4. The van der Waals surface area contributed by atoms with Gasteiger partial charge in [-0.15, -0.1) is 0 Å². The minimum atomic E-state index is -0.440. The number of rotatable bonds is 6. The molecule has 7 heteroatoms. The van der Waals surface area contributed by atoms with Gasteiger partial charge in [0.1, 0.15) is 0 Å². The SMILES string of the molecule is CCCCOC(=O)c1ccccc1NC(=O)N1CCN(C=O)CC1. The number of benzene rings is 1. The van der Waals surface area contributed by atoms with E-state index < -0.39 is 5.97 Å². The minimum absolute atomic E-state index is 0.283. The predicted molar refractivity (Wildman–Crippen MR) is 89.9 cm³/mol. The van der Waals surface area contributed by atoms with Gasteiger partial charge in [0.15, 0.2) is 0 Å². The molecule has 0 atom stereocenters. The van der Waals surface area contributed by atoms with Gasteiger partial charge < -0.3 is 19.9 Å². The molecule has 0 radical (unpaired) electrons. The molecule has 3 amide bonds. The average Bonchev–Trinajstić information content (AvgIpc) is 2.62. The summed E-state index contributed by atoms with van der Waals surface area (Å²) in [6.07, 6.45) is 2.54. The van der Waals surface area contributed by atoms with E-state index >= 15 is 0 Å². The number of ether oxygens (including phenoxy) is 1. The van der Waals surface area contributed by atoms with E-state index in [-0.39, 0.29) is 6.03 Å². The molecule has 0 aromatic heterocycles. The van der Waals surface area contributed by atoms with E-state index in [9.17, 15) is 14.4 Å². The monoisotopic (exact) mass is 333 g/mol. The lowest BCUT2D eigenvalue weighted by Crippen LogP contribution is -2.49. The summed E-state index contributed by atoms with van der Waals surface area (Å²) in [4.78, 5) is 38.5. The number of unbranched alkanes of at least 4 members (excludes halogenated alkanes) is 1. The van der Waals surface area contributed by atoms with Crippen molar-refractivity contribution in [1.82, 2.24) is 9.80 Å². The van der Waals surface area contributed by atoms with Crippen molar-refractivity contribution in [2.45, 2.75) is 19.8 Å². The summed E-state index contributed by atoms with van der Waals surface area (Å²) in [6.45, 7) is 4.34. The first-order valence-corrected chi connectivity index (χ1v) is 8.17. The van der Waals surface area contributed by atoms with Crippen LogP contribution in [0.5, 0.6) is 0 Å². The van der Waals surface area contributed by atoms with Crippen molar-refractivity contribution in [1.29, 1.82) is 0 Å². The van der Waals surface area contributed by atoms with Crippen molar-refractivity contribution in [3.63, 3.8) is 0 Å². The Morgan fingerprint density at radius 2 is 1.92 bits per heavy atom. The van der Waals surface area contributed by atoms with E-state index in [0.29, 0.717) is 44.0 Å². The molecular weight excluding hydrogens is 310 g/mol. The molecule has 1 heterocycles. The third-order valence-corrected chi connectivity index (χ3v) is 3.87. The van der Waals surface area contributed by atoms with Crippen LogP contribution in [0.1, 0.15) is 30.1 Å². The van der Waals surface area contributed by atoms with Gasteiger partial charge in [-0.1, -0.05) is 25.5 Å². The van der Waals surface area contributed by atoms with Gasteiger partial charge >= 0.3 is 12.0 Å². The Morgan fingerprint density at radius 1 is 1.21 bits per heavy atom. The number of nitrogens with zero attached hydrogens (tertiary/aromatic N) is 2. The zero-order chi connectivity index (χ0) is 17.4. The van der Waals surface area contributed by atoms with Gasteiger partial charge in [0.05, 0.1) is 17.9 Å². The Bertz CT molecular complexity index is 583. The first kappa shape index (κ1) is 17.8. The number of carbonyl (C=O) groups excluding carboxylic acids is 3. The van der Waals surface area contributed by atoms with Crippen LogP contribution in [-0.2, 0) is 9.53 Å². The number of anilines is 1. The smallest absolute Gasteiger partial charge is 0.340 e. The number of hydrogen-bond acceptors (Lipinski definition) is 4. The van der Waals surface area contributed by atoms with Crippen LogP contribution in [0, 0.1) is 0 Å². The summed E-state index contributed by atoms with van der Waals surface area (Å²) in [5.41, 5.74) is 0.773. The standard InChI is InChI=1S/C17H23N3O4/c1-2-3-12-24-16(22)14-6-4-5-7-15(14)18-17(23)20-10-8-19(13-21)9-11-20/h4-7,13H,2-3,8-12H2,1H3,(H,18,23). The Labute approximate surface area is 141 Å². The van der Waals surface area contributed by atoms with E-state index in [1.807, 2.05) is 6.92 Å². The highest BCUT2D eigenvalue weighted by Crippen LogP contribution is 2.17. The lowest BCUT2D eigenvalue weighted by atomic mass is 10.2. The topological polar surface area (TPSA) is 79.0 Å². The van der Waals surface area contributed by atoms with Gasteiger partial charge in [0.2, 0.25) is 6.41 Å². The molecule has 1 N–H and O–H groups in total. The normalized spacial score (nSPS) is 14.2. The largest absolute Gasteiger partial charge is 0.462 e. The van der Waals surface area contributed by atoms with Crippen LogP contribution in [0.2, 0.25) is 0 Å². The fourth-order valence-corrected chi connectivity index (χ4v) is 2.38. The number of amides is 3. The molecule has 0 saturated carbocycles. The lowest BCUT2D eigenvalue weighted by molar-refractivity contribution is -0.119. The Morgan fingerprint density at radius 3 is 2.58 bits per heavy atom. The van der Waals surface area contributed by atoms with Gasteiger partial charge in [-0.05, 0) is 18.6 Å². The van der Waals surface area contributed by atoms with Crippen molar-refractivity contribution >= 4 is 24.1 Å². The predicted octanol–water partition coefficient (Wildman–Crippen LogP) is 1.95. The third-order valence-electron chi connectivity index (χ3n) is 3.87. The van der Waals surface area contributed by atoms with Crippen molar-refractivity contribution < 1.29 is 19.1 Å². The number of para-hydroxylation sites is 1. The second-order valence-electron chi connectivity index (χ2n) is 5.59. The number of esters is 1. The molecule has 2 rings (SSSR count). The summed E-state index contributed by atoms with van der Waals surface area (Å²) in [5.74, 6) is -0.440. The molecule has 7 nitrogen and oxygen atoms in total. The van der Waals surface area contributed by atoms with E-state index in [1.54, 1.807) is 34.1 Å². The van der Waals surface area contributed by atoms with E-state index in [1.165, 1.54) is 0 Å². The third kappa shape index (κ3) is 4.71. The van der Waals surface area contributed by atoms with Gasteiger partial charge in [0, 0.05) is 26.2 Å². The van der Waals surface area contributed by atoms with Crippen LogP contribution < -0.4 is 5.32 Å². The van der Waals surface area contributed by atoms with Crippen LogP contribution >= 0.6 is 0 Å². The first-order valence-electron chi connectivity index (χ1n) is 8.17. The van der Waals surface area contributed by atoms with Gasteiger partial charge in [0.25, 0.3) is 0 Å². The molecule has 1 aliphatic rings. The second kappa shape index (κ2) is 8.90. The highest BCUT2D eigenvalue weighted by Gasteiger charge is 2.22. The molecule has 1 saturated heterocycles. The fraction of sp³-hybridized carbons (Fsp3) is 0.471. The summed E-state index contributed by atoms with van der Waals surface area (Å²) in [5, 5.41) is 2.76. The molecule has 1 fully saturated rings. The van der Waals surface area contributed by atoms with Crippen LogP contribution in [0.25, 0.3) is 0 Å². The highest BCUT2D eigenvalue weighted by atomic mass is 16.5. The zero-order valence-corrected chi connectivity index (χ0v) is 13.9. The molecular formula is C17H23N3O4. The minimum Gasteiger partial charge on any atom is -0.462 e. The van der Waals surface area contributed by atoms with Crippen LogP contribution in [0.4, 0.5) is 10.5 Å². The molecule has 0 spiro atoms. The average molecular weight is 333 g/mol. The number of hydrogen-bond donors (Lipinski definition) is 1. The zero-order valence-electron chi connectivity index (χ0n) is 13.9. The maximum absolute atomic E-state index is 12.4. The summed E-state index contributed by atoms with van der Waals surface area (Å²) in [6, 6.07) is 6.51. The van der Waals surface area contributed by atoms with Crippen molar-refractivity contribution in [3.05, 3.63) is 29.8 Å². The van der Waals surface area contributed by atoms with Crippen LogP contribution in [0.15, 0.2) is 24.3 Å². The fourth-order valence-electron chi connectivity index (χ4n) is 2.38. The molecule has 0 aliphatic carbocycles. The quantitative estimate of drug-likeness (QED) is 0.490. The summed E-state index contributed by atoms with van der Waals surface area (Å²) < 4.78 is 5.22. The van der Waals surface area contributed by atoms with Gasteiger partial charge in [-0.2, -0.15) is 0 Å². The molecule has 130 valence electrons. The molecule has 1 aromatic carbocycles. The molecule has 1 aliphatic heterocycles. The van der Waals surface area contributed by atoms with Gasteiger partial charge in [-0.3, -0.25) is 4.79 Å².